The van der Waals surface area contributed by atoms with Crippen LogP contribution in [-0.4, -0.2) is 38.4 Å². The smallest absolute Gasteiger partial charge is 0.311 e. The number of rotatable bonds is 7. The van der Waals surface area contributed by atoms with E-state index in [2.05, 4.69) is 10.5 Å². The Morgan fingerprint density at radius 3 is 2.42 bits per heavy atom. The molecule has 2 aromatic rings. The molecule has 0 aliphatic carbocycles. The molecule has 26 heavy (non-hydrogen) atoms. The quantitative estimate of drug-likeness (QED) is 0.461. The molecule has 136 valence electrons. The number of methoxy groups -OCH3 is 3. The Bertz CT molecular complexity index is 850. The summed E-state index contributed by atoms with van der Waals surface area (Å²) >= 11 is 0. The first-order valence-corrected chi connectivity index (χ1v) is 7.38. The van der Waals surface area contributed by atoms with E-state index in [4.69, 9.17) is 14.2 Å². The second kappa shape index (κ2) is 8.47. The van der Waals surface area contributed by atoms with Crippen LogP contribution in [-0.2, 0) is 0 Å². The lowest BCUT2D eigenvalue weighted by atomic mass is 10.2. The van der Waals surface area contributed by atoms with Gasteiger partial charge in [-0.25, -0.2) is 5.43 Å². The lowest BCUT2D eigenvalue weighted by Crippen LogP contribution is -2.18. The number of carbonyl (C=O) groups is 1. The van der Waals surface area contributed by atoms with Gasteiger partial charge in [0.05, 0.1) is 38.0 Å². The molecular weight excluding hydrogens is 342 g/mol. The Hall–Kier alpha value is -3.62. The predicted molar refractivity (Wildman–Crippen MR) is 94.3 cm³/mol. The van der Waals surface area contributed by atoms with Crippen LogP contribution in [0.4, 0.5) is 5.69 Å². The van der Waals surface area contributed by atoms with Crippen LogP contribution in [0.5, 0.6) is 17.2 Å². The van der Waals surface area contributed by atoms with Crippen molar-refractivity contribution in [3.05, 3.63) is 57.6 Å². The fraction of sp³-hybridized carbons (Fsp3) is 0.176. The number of hydrazone groups is 1. The Balaban J connectivity index is 2.14. The zero-order chi connectivity index (χ0) is 19.1. The van der Waals surface area contributed by atoms with E-state index in [1.807, 2.05) is 0 Å². The summed E-state index contributed by atoms with van der Waals surface area (Å²) in [6.07, 6.45) is 1.29. The van der Waals surface area contributed by atoms with Crippen LogP contribution in [0.1, 0.15) is 15.9 Å². The third kappa shape index (κ3) is 4.26. The molecule has 1 amide bonds. The molecule has 0 fully saturated rings. The number of ether oxygens (including phenoxy) is 3. The van der Waals surface area contributed by atoms with Gasteiger partial charge in [0.1, 0.15) is 11.5 Å². The molecule has 9 heteroatoms. The molecule has 0 bridgehead atoms. The fourth-order valence-corrected chi connectivity index (χ4v) is 2.14. The maximum Gasteiger partial charge on any atom is 0.311 e. The standard InChI is InChI=1S/C17H17N3O6/c1-24-12-5-6-13(16(9-12)26-3)17(21)19-18-10-11-4-7-15(25-2)14(8-11)20(22)23/h4-10H,1-3H3,(H,19,21)/b18-10-. The number of amides is 1. The summed E-state index contributed by atoms with van der Waals surface area (Å²) in [5.74, 6) is 0.521. The molecule has 0 unspecified atom stereocenters. The van der Waals surface area contributed by atoms with Crippen molar-refractivity contribution < 1.29 is 23.9 Å². The van der Waals surface area contributed by atoms with Crippen LogP contribution >= 0.6 is 0 Å². The average molecular weight is 359 g/mol. The highest BCUT2D eigenvalue weighted by atomic mass is 16.6. The third-order valence-corrected chi connectivity index (χ3v) is 3.43. The van der Waals surface area contributed by atoms with E-state index in [-0.39, 0.29) is 17.0 Å². The van der Waals surface area contributed by atoms with Crippen LogP contribution in [0.2, 0.25) is 0 Å². The predicted octanol–water partition coefficient (Wildman–Crippen LogP) is 2.38. The van der Waals surface area contributed by atoms with E-state index >= 15 is 0 Å². The summed E-state index contributed by atoms with van der Waals surface area (Å²) in [4.78, 5) is 22.7. The van der Waals surface area contributed by atoms with Crippen LogP contribution < -0.4 is 19.6 Å². The van der Waals surface area contributed by atoms with Crippen LogP contribution in [0.15, 0.2) is 41.5 Å². The molecule has 0 aromatic heterocycles. The normalized spacial score (nSPS) is 10.4. The molecule has 9 nitrogen and oxygen atoms in total. The molecule has 2 aromatic carbocycles. The minimum absolute atomic E-state index is 0.138. The molecule has 0 atom stereocenters. The molecule has 0 aliphatic heterocycles. The van der Waals surface area contributed by atoms with Crippen molar-refractivity contribution in [1.82, 2.24) is 5.43 Å². The van der Waals surface area contributed by atoms with Gasteiger partial charge in [-0.2, -0.15) is 5.10 Å². The van der Waals surface area contributed by atoms with Gasteiger partial charge in [-0.05, 0) is 24.3 Å². The summed E-state index contributed by atoms with van der Waals surface area (Å²) in [6.45, 7) is 0. The van der Waals surface area contributed by atoms with Crippen LogP contribution in [0, 0.1) is 10.1 Å². The minimum atomic E-state index is -0.559. The van der Waals surface area contributed by atoms with Crippen molar-refractivity contribution in [3.8, 4) is 17.2 Å². The number of benzene rings is 2. The van der Waals surface area contributed by atoms with E-state index in [1.54, 1.807) is 24.3 Å². The van der Waals surface area contributed by atoms with E-state index in [0.29, 0.717) is 17.1 Å². The maximum atomic E-state index is 12.2. The lowest BCUT2D eigenvalue weighted by molar-refractivity contribution is -0.385. The van der Waals surface area contributed by atoms with Gasteiger partial charge in [0.15, 0.2) is 5.75 Å². The molecule has 0 radical (unpaired) electrons. The molecular formula is C17H17N3O6. The Morgan fingerprint density at radius 1 is 1.08 bits per heavy atom. The van der Waals surface area contributed by atoms with Gasteiger partial charge in [-0.3, -0.25) is 14.9 Å². The van der Waals surface area contributed by atoms with Crippen LogP contribution in [0.25, 0.3) is 0 Å². The van der Waals surface area contributed by atoms with Gasteiger partial charge in [0, 0.05) is 17.7 Å². The van der Waals surface area contributed by atoms with Crippen molar-refractivity contribution in [1.29, 1.82) is 0 Å². The Morgan fingerprint density at radius 2 is 1.81 bits per heavy atom. The fourth-order valence-electron chi connectivity index (χ4n) is 2.14. The zero-order valence-corrected chi connectivity index (χ0v) is 14.4. The summed E-state index contributed by atoms with van der Waals surface area (Å²) in [6, 6.07) is 9.06. The number of hydrogen-bond acceptors (Lipinski definition) is 7. The Kier molecular flexibility index (Phi) is 6.10. The summed E-state index contributed by atoms with van der Waals surface area (Å²) < 4.78 is 15.2. The monoisotopic (exact) mass is 359 g/mol. The van der Waals surface area contributed by atoms with E-state index < -0.39 is 10.8 Å². The highest BCUT2D eigenvalue weighted by Crippen LogP contribution is 2.27. The molecule has 1 N–H and O–H groups in total. The first-order chi connectivity index (χ1) is 12.5. The van der Waals surface area contributed by atoms with Gasteiger partial charge in [-0.15, -0.1) is 0 Å². The van der Waals surface area contributed by atoms with E-state index in [0.717, 1.165) is 0 Å². The van der Waals surface area contributed by atoms with Gasteiger partial charge in [-0.1, -0.05) is 0 Å². The van der Waals surface area contributed by atoms with E-state index in [9.17, 15) is 14.9 Å². The maximum absolute atomic E-state index is 12.2. The molecule has 0 saturated carbocycles. The minimum Gasteiger partial charge on any atom is -0.497 e. The van der Waals surface area contributed by atoms with Crippen molar-refractivity contribution >= 4 is 17.8 Å². The molecule has 2 rings (SSSR count). The number of hydrogen-bond donors (Lipinski definition) is 1. The highest BCUT2D eigenvalue weighted by molar-refractivity contribution is 5.97. The second-order valence-corrected chi connectivity index (χ2v) is 4.95. The van der Waals surface area contributed by atoms with Crippen molar-refractivity contribution in [2.75, 3.05) is 21.3 Å². The largest absolute Gasteiger partial charge is 0.497 e. The van der Waals surface area contributed by atoms with Gasteiger partial charge < -0.3 is 14.2 Å². The first-order valence-electron chi connectivity index (χ1n) is 7.38. The van der Waals surface area contributed by atoms with Crippen LogP contribution in [0.3, 0.4) is 0 Å². The third-order valence-electron chi connectivity index (χ3n) is 3.43. The van der Waals surface area contributed by atoms with Gasteiger partial charge in [0.25, 0.3) is 5.91 Å². The Labute approximate surface area is 149 Å². The highest BCUT2D eigenvalue weighted by Gasteiger charge is 2.15. The van der Waals surface area contributed by atoms with Gasteiger partial charge >= 0.3 is 5.69 Å². The zero-order valence-electron chi connectivity index (χ0n) is 14.4. The molecule has 0 saturated heterocycles. The molecule has 0 heterocycles. The number of nitro groups is 1. The first kappa shape index (κ1) is 18.7. The summed E-state index contributed by atoms with van der Waals surface area (Å²) in [5.41, 5.74) is 2.85. The van der Waals surface area contributed by atoms with Crippen molar-refractivity contribution in [3.63, 3.8) is 0 Å². The lowest BCUT2D eigenvalue weighted by Gasteiger charge is -2.08. The van der Waals surface area contributed by atoms with Gasteiger partial charge in [0.2, 0.25) is 0 Å². The number of nitro benzene ring substituents is 1. The topological polar surface area (TPSA) is 112 Å². The molecule has 0 spiro atoms. The van der Waals surface area contributed by atoms with Crippen molar-refractivity contribution in [2.24, 2.45) is 5.10 Å². The SMILES string of the molecule is COc1ccc(C(=O)N/N=C\c2ccc(OC)c([N+](=O)[O-])c2)c(OC)c1. The van der Waals surface area contributed by atoms with E-state index in [1.165, 1.54) is 39.7 Å². The average Bonchev–Trinajstić information content (AvgIpc) is 2.67. The summed E-state index contributed by atoms with van der Waals surface area (Å²) in [7, 11) is 4.29. The van der Waals surface area contributed by atoms with Crippen molar-refractivity contribution in [2.45, 2.75) is 0 Å². The number of nitrogens with one attached hydrogen (secondary N) is 1. The molecule has 0 aliphatic rings. The second-order valence-electron chi connectivity index (χ2n) is 4.95. The summed E-state index contributed by atoms with van der Waals surface area (Å²) in [5, 5.41) is 14.8. The number of nitrogens with zero attached hydrogens (tertiary/aromatic N) is 2. The number of carbonyl (C=O) groups excluding carboxylic acids is 1.